The summed E-state index contributed by atoms with van der Waals surface area (Å²) in [4.78, 5) is 28.4. The number of aliphatic hydroxyl groups excluding tert-OH is 3. The molecule has 0 saturated carbocycles. The van der Waals surface area contributed by atoms with Gasteiger partial charge in [-0.05, 0) is 83.3 Å². The van der Waals surface area contributed by atoms with Gasteiger partial charge in [-0.1, -0.05) is 29.8 Å². The number of aliphatic hydroxyl groups is 3. The van der Waals surface area contributed by atoms with Gasteiger partial charge in [0.1, 0.15) is 12.2 Å². The number of halogens is 2. The molecule has 1 aliphatic rings. The second-order valence-corrected chi connectivity index (χ2v) is 11.6. The van der Waals surface area contributed by atoms with Crippen LogP contribution < -0.4 is 14.8 Å². The maximum absolute atomic E-state index is 13.7. The number of hydrogen-bond donors (Lipinski definition) is 4. The van der Waals surface area contributed by atoms with Crippen LogP contribution in [0.1, 0.15) is 43.2 Å². The van der Waals surface area contributed by atoms with E-state index in [-0.39, 0.29) is 45.1 Å². The first-order chi connectivity index (χ1) is 20.2. The number of carbonyl (C=O) groups is 2. The Morgan fingerprint density at radius 2 is 1.93 bits per heavy atom. The molecule has 228 valence electrons. The van der Waals surface area contributed by atoms with Gasteiger partial charge in [-0.25, -0.2) is 0 Å². The average molecular weight is 713 g/mol. The molecule has 0 fully saturated rings. The first-order valence-electron chi connectivity index (χ1n) is 13.8. The number of methoxy groups -OCH3 is 1. The fourth-order valence-electron chi connectivity index (χ4n) is 4.78. The predicted molar refractivity (Wildman–Crippen MR) is 169 cm³/mol. The highest BCUT2D eigenvalue weighted by Gasteiger charge is 2.41. The van der Waals surface area contributed by atoms with Gasteiger partial charge in [0.25, 0.3) is 0 Å². The summed E-state index contributed by atoms with van der Waals surface area (Å²) in [6.07, 6.45) is 3.76. The molecule has 0 bridgehead atoms. The molecule has 0 aliphatic heterocycles. The normalized spacial score (nSPS) is 18.1. The van der Waals surface area contributed by atoms with Crippen molar-refractivity contribution < 1.29 is 34.4 Å². The van der Waals surface area contributed by atoms with E-state index >= 15 is 0 Å². The molecular formula is C31H38ClIN2O7. The first-order valence-corrected chi connectivity index (χ1v) is 15.2. The van der Waals surface area contributed by atoms with Crippen molar-refractivity contribution in [3.63, 3.8) is 0 Å². The lowest BCUT2D eigenvalue weighted by atomic mass is 9.87. The zero-order valence-corrected chi connectivity index (χ0v) is 26.5. The number of benzene rings is 2. The van der Waals surface area contributed by atoms with Gasteiger partial charge in [-0.3, -0.25) is 9.59 Å². The van der Waals surface area contributed by atoms with Crippen molar-refractivity contribution in [2.45, 2.75) is 63.5 Å². The molecule has 2 amide bonds. The quantitative estimate of drug-likeness (QED) is 0.124. The second kappa shape index (κ2) is 16.9. The zero-order valence-electron chi connectivity index (χ0n) is 23.6. The molecule has 0 saturated heterocycles. The van der Waals surface area contributed by atoms with Crippen LogP contribution >= 0.6 is 34.2 Å². The van der Waals surface area contributed by atoms with Gasteiger partial charge in [0.15, 0.2) is 11.5 Å². The Kier molecular flexibility index (Phi) is 13.6. The predicted octanol–water partition coefficient (Wildman–Crippen LogP) is 4.14. The van der Waals surface area contributed by atoms with Gasteiger partial charge in [0.05, 0.1) is 29.9 Å². The average Bonchev–Trinajstić information content (AvgIpc) is 2.99. The van der Waals surface area contributed by atoms with Crippen molar-refractivity contribution in [1.82, 2.24) is 10.2 Å². The molecule has 42 heavy (non-hydrogen) atoms. The van der Waals surface area contributed by atoms with Crippen LogP contribution in [0.2, 0.25) is 5.02 Å². The monoisotopic (exact) mass is 712 g/mol. The van der Waals surface area contributed by atoms with Crippen molar-refractivity contribution in [2.24, 2.45) is 0 Å². The number of amides is 2. The largest absolute Gasteiger partial charge is 0.493 e. The molecule has 2 aromatic carbocycles. The standard InChI is InChI=1S/C31H38ClIN2O7/c1-3-4-5-6-7-28(38)35(18-20-8-10-23(32)11-9-20)25-16-22(31(40)34-12-13-36)17-26(29(25)39)42-30-24(33)14-21(19-37)15-27(30)41-2/h3,8-11,14-15,17,25-26,29,36-37,39H,1,4-7,12-13,16,18-19H2,2H3,(H,34,40). The molecule has 0 heterocycles. The smallest absolute Gasteiger partial charge is 0.247 e. The van der Waals surface area contributed by atoms with Crippen LogP contribution in [0.15, 0.2) is 60.7 Å². The van der Waals surface area contributed by atoms with E-state index in [0.29, 0.717) is 37.6 Å². The molecule has 0 radical (unpaired) electrons. The number of unbranched alkanes of at least 4 members (excludes halogenated alkanes) is 2. The molecule has 3 atom stereocenters. The third-order valence-electron chi connectivity index (χ3n) is 6.98. The highest BCUT2D eigenvalue weighted by atomic mass is 127. The topological polar surface area (TPSA) is 129 Å². The Balaban J connectivity index is 2.01. The van der Waals surface area contributed by atoms with E-state index in [1.807, 2.05) is 18.2 Å². The summed E-state index contributed by atoms with van der Waals surface area (Å²) in [5, 5.41) is 33.8. The van der Waals surface area contributed by atoms with Crippen LogP contribution in [-0.2, 0) is 22.7 Å². The van der Waals surface area contributed by atoms with Crippen molar-refractivity contribution in [3.05, 3.63) is 80.4 Å². The molecular weight excluding hydrogens is 675 g/mol. The summed E-state index contributed by atoms with van der Waals surface area (Å²) < 4.78 is 12.5. The third kappa shape index (κ3) is 9.18. The van der Waals surface area contributed by atoms with E-state index in [9.17, 15) is 24.9 Å². The molecule has 3 unspecified atom stereocenters. The molecule has 2 aromatic rings. The molecule has 11 heteroatoms. The highest BCUT2D eigenvalue weighted by Crippen LogP contribution is 2.37. The number of nitrogens with one attached hydrogen (secondary N) is 1. The second-order valence-electron chi connectivity index (χ2n) is 9.97. The van der Waals surface area contributed by atoms with E-state index in [1.165, 1.54) is 7.11 Å². The van der Waals surface area contributed by atoms with E-state index in [0.717, 1.165) is 18.4 Å². The van der Waals surface area contributed by atoms with Crippen LogP contribution in [0.3, 0.4) is 0 Å². The zero-order chi connectivity index (χ0) is 30.6. The number of nitrogens with zero attached hydrogens (tertiary/aromatic N) is 1. The summed E-state index contributed by atoms with van der Waals surface area (Å²) in [6, 6.07) is 9.72. The lowest BCUT2D eigenvalue weighted by Gasteiger charge is -2.41. The Labute approximate surface area is 265 Å². The summed E-state index contributed by atoms with van der Waals surface area (Å²) in [5.74, 6) is 0.118. The Morgan fingerprint density at radius 1 is 1.19 bits per heavy atom. The van der Waals surface area contributed by atoms with Gasteiger partial charge in [-0.2, -0.15) is 0 Å². The van der Waals surface area contributed by atoms with Gasteiger partial charge < -0.3 is 35.0 Å². The van der Waals surface area contributed by atoms with Crippen LogP contribution in [-0.4, -0.2) is 70.5 Å². The van der Waals surface area contributed by atoms with E-state index in [4.69, 9.17) is 21.1 Å². The fraction of sp³-hybridized carbons (Fsp3) is 0.419. The Morgan fingerprint density at radius 3 is 2.57 bits per heavy atom. The number of allylic oxidation sites excluding steroid dienone is 1. The van der Waals surface area contributed by atoms with Gasteiger partial charge in [0, 0.05) is 36.5 Å². The van der Waals surface area contributed by atoms with E-state index in [2.05, 4.69) is 34.5 Å². The van der Waals surface area contributed by atoms with Gasteiger partial charge in [-0.15, -0.1) is 6.58 Å². The highest BCUT2D eigenvalue weighted by molar-refractivity contribution is 14.1. The van der Waals surface area contributed by atoms with Crippen molar-refractivity contribution >= 4 is 46.0 Å². The minimum Gasteiger partial charge on any atom is -0.493 e. The van der Waals surface area contributed by atoms with Crippen LogP contribution in [0.4, 0.5) is 0 Å². The van der Waals surface area contributed by atoms with E-state index < -0.39 is 24.2 Å². The van der Waals surface area contributed by atoms with Gasteiger partial charge >= 0.3 is 0 Å². The SMILES string of the molecule is C=CCCCCC(=O)N(Cc1ccc(Cl)cc1)C1CC(C(=O)NCCO)=CC(Oc2c(I)cc(CO)cc2OC)C1O. The Bertz CT molecular complexity index is 1250. The summed E-state index contributed by atoms with van der Waals surface area (Å²) >= 11 is 8.15. The lowest BCUT2D eigenvalue weighted by Crippen LogP contribution is -2.54. The summed E-state index contributed by atoms with van der Waals surface area (Å²) in [5.41, 5.74) is 1.77. The van der Waals surface area contributed by atoms with Crippen LogP contribution in [0.25, 0.3) is 0 Å². The molecule has 0 aromatic heterocycles. The van der Waals surface area contributed by atoms with Gasteiger partial charge in [0.2, 0.25) is 11.8 Å². The summed E-state index contributed by atoms with van der Waals surface area (Å²) in [7, 11) is 1.47. The minimum atomic E-state index is -1.19. The number of carbonyl (C=O) groups excluding carboxylic acids is 2. The number of hydrogen-bond acceptors (Lipinski definition) is 7. The lowest BCUT2D eigenvalue weighted by molar-refractivity contribution is -0.139. The minimum absolute atomic E-state index is 0.0555. The molecule has 0 spiro atoms. The maximum atomic E-state index is 13.7. The number of rotatable bonds is 15. The third-order valence-corrected chi connectivity index (χ3v) is 8.03. The fourth-order valence-corrected chi connectivity index (χ4v) is 5.70. The van der Waals surface area contributed by atoms with E-state index in [1.54, 1.807) is 35.2 Å². The summed E-state index contributed by atoms with van der Waals surface area (Å²) in [6.45, 7) is 3.57. The van der Waals surface area contributed by atoms with Crippen LogP contribution in [0, 0.1) is 3.57 Å². The number of ether oxygens (including phenoxy) is 2. The Hall–Kier alpha value is -2.64. The van der Waals surface area contributed by atoms with Crippen molar-refractivity contribution in [2.75, 3.05) is 20.3 Å². The molecule has 1 aliphatic carbocycles. The van der Waals surface area contributed by atoms with Crippen LogP contribution in [0.5, 0.6) is 11.5 Å². The molecule has 9 nitrogen and oxygen atoms in total. The molecule has 3 rings (SSSR count). The first kappa shape index (κ1) is 33.9. The van der Waals surface area contributed by atoms with Crippen molar-refractivity contribution in [3.8, 4) is 11.5 Å². The van der Waals surface area contributed by atoms with Crippen molar-refractivity contribution in [1.29, 1.82) is 0 Å². The molecule has 4 N–H and O–H groups in total. The maximum Gasteiger partial charge on any atom is 0.247 e.